The molecule has 0 saturated carbocycles. The number of fused-ring (bicyclic) bond motifs is 1. The van der Waals surface area contributed by atoms with E-state index < -0.39 is 0 Å². The van der Waals surface area contributed by atoms with Gasteiger partial charge in [-0.1, -0.05) is 31.2 Å². The minimum atomic E-state index is -0.0914. The van der Waals surface area contributed by atoms with Gasteiger partial charge in [-0.15, -0.1) is 0 Å². The lowest BCUT2D eigenvalue weighted by Crippen LogP contribution is -2.44. The summed E-state index contributed by atoms with van der Waals surface area (Å²) >= 11 is 0. The molecule has 0 radical (unpaired) electrons. The molecule has 3 rings (SSSR count). The standard InChI is InChI=1S/C18H20N2O2/c1-2-13-6-8-14(9-7-13)18(22)19-20-11-10-16-15(12-20)4-3-5-17(16)21/h3-9,21H,2,10-12H2,1H3,(H,19,22). The lowest BCUT2D eigenvalue weighted by molar-refractivity contribution is 0.0763. The predicted molar refractivity (Wildman–Crippen MR) is 85.5 cm³/mol. The molecular weight excluding hydrogens is 276 g/mol. The van der Waals surface area contributed by atoms with Crippen molar-refractivity contribution < 1.29 is 9.90 Å². The molecule has 1 amide bonds. The number of carbonyl (C=O) groups is 1. The van der Waals surface area contributed by atoms with Crippen LogP contribution in [0.15, 0.2) is 42.5 Å². The summed E-state index contributed by atoms with van der Waals surface area (Å²) in [5.41, 5.74) is 6.88. The first kappa shape index (κ1) is 14.6. The third-order valence-corrected chi connectivity index (χ3v) is 4.13. The maximum absolute atomic E-state index is 12.3. The van der Waals surface area contributed by atoms with Crippen molar-refractivity contribution in [3.05, 3.63) is 64.7 Å². The maximum atomic E-state index is 12.3. The molecule has 2 aromatic rings. The molecule has 4 nitrogen and oxygen atoms in total. The van der Waals surface area contributed by atoms with Crippen LogP contribution in [0.3, 0.4) is 0 Å². The van der Waals surface area contributed by atoms with E-state index in [2.05, 4.69) is 12.3 Å². The van der Waals surface area contributed by atoms with Crippen molar-refractivity contribution >= 4 is 5.91 Å². The Morgan fingerprint density at radius 2 is 2.00 bits per heavy atom. The minimum Gasteiger partial charge on any atom is -0.508 e. The number of hydrogen-bond donors (Lipinski definition) is 2. The van der Waals surface area contributed by atoms with Gasteiger partial charge in [-0.2, -0.15) is 0 Å². The Morgan fingerprint density at radius 1 is 1.23 bits per heavy atom. The molecule has 2 N–H and O–H groups in total. The number of aromatic hydroxyl groups is 1. The van der Waals surface area contributed by atoms with Gasteiger partial charge in [0.1, 0.15) is 5.75 Å². The Hall–Kier alpha value is -2.33. The fraction of sp³-hybridized carbons (Fsp3) is 0.278. The van der Waals surface area contributed by atoms with Gasteiger partial charge in [0, 0.05) is 18.7 Å². The van der Waals surface area contributed by atoms with Gasteiger partial charge in [0.15, 0.2) is 0 Å². The van der Waals surface area contributed by atoms with Gasteiger partial charge >= 0.3 is 0 Å². The van der Waals surface area contributed by atoms with Gasteiger partial charge in [0.2, 0.25) is 0 Å². The van der Waals surface area contributed by atoms with Crippen molar-refractivity contribution in [2.24, 2.45) is 0 Å². The Bertz CT molecular complexity index is 680. The van der Waals surface area contributed by atoms with Crippen LogP contribution >= 0.6 is 0 Å². The van der Waals surface area contributed by atoms with Crippen LogP contribution in [0.2, 0.25) is 0 Å². The fourth-order valence-electron chi connectivity index (χ4n) is 2.78. The summed E-state index contributed by atoms with van der Waals surface area (Å²) in [7, 11) is 0. The molecule has 0 fully saturated rings. The highest BCUT2D eigenvalue weighted by molar-refractivity contribution is 5.93. The highest BCUT2D eigenvalue weighted by atomic mass is 16.3. The normalized spacial score (nSPS) is 14.4. The highest BCUT2D eigenvalue weighted by Crippen LogP contribution is 2.26. The minimum absolute atomic E-state index is 0.0914. The van der Waals surface area contributed by atoms with Gasteiger partial charge in [0.05, 0.1) is 0 Å². The zero-order chi connectivity index (χ0) is 15.5. The van der Waals surface area contributed by atoms with Crippen molar-refractivity contribution in [1.82, 2.24) is 10.4 Å². The summed E-state index contributed by atoms with van der Waals surface area (Å²) in [5, 5.41) is 11.7. The van der Waals surface area contributed by atoms with Crippen molar-refractivity contribution in [3.8, 4) is 5.75 Å². The number of phenols is 1. The Kier molecular flexibility index (Phi) is 4.11. The van der Waals surface area contributed by atoms with Crippen molar-refractivity contribution in [3.63, 3.8) is 0 Å². The largest absolute Gasteiger partial charge is 0.508 e. The van der Waals surface area contributed by atoms with Crippen LogP contribution in [0.5, 0.6) is 5.75 Å². The Morgan fingerprint density at radius 3 is 2.73 bits per heavy atom. The molecule has 114 valence electrons. The molecule has 22 heavy (non-hydrogen) atoms. The topological polar surface area (TPSA) is 52.6 Å². The first-order valence-electron chi connectivity index (χ1n) is 7.62. The van der Waals surface area contributed by atoms with Gasteiger partial charge in [0.25, 0.3) is 5.91 Å². The number of nitrogens with one attached hydrogen (secondary N) is 1. The van der Waals surface area contributed by atoms with Crippen LogP contribution in [0.25, 0.3) is 0 Å². The monoisotopic (exact) mass is 296 g/mol. The molecule has 0 unspecified atom stereocenters. The first-order chi connectivity index (χ1) is 10.7. The molecule has 0 spiro atoms. The van der Waals surface area contributed by atoms with Gasteiger partial charge < -0.3 is 5.11 Å². The van der Waals surface area contributed by atoms with Crippen molar-refractivity contribution in [2.75, 3.05) is 6.54 Å². The fourth-order valence-corrected chi connectivity index (χ4v) is 2.78. The van der Waals surface area contributed by atoms with E-state index >= 15 is 0 Å². The maximum Gasteiger partial charge on any atom is 0.265 e. The van der Waals surface area contributed by atoms with Crippen LogP contribution < -0.4 is 5.43 Å². The van der Waals surface area contributed by atoms with Gasteiger partial charge in [-0.05, 0) is 47.7 Å². The third-order valence-electron chi connectivity index (χ3n) is 4.13. The Balaban J connectivity index is 1.67. The smallest absolute Gasteiger partial charge is 0.265 e. The number of aryl methyl sites for hydroxylation is 1. The molecule has 1 heterocycles. The van der Waals surface area contributed by atoms with Crippen molar-refractivity contribution in [2.45, 2.75) is 26.3 Å². The van der Waals surface area contributed by atoms with E-state index in [0.717, 1.165) is 24.0 Å². The lowest BCUT2D eigenvalue weighted by atomic mass is 10.00. The molecular formula is C18H20N2O2. The van der Waals surface area contributed by atoms with Crippen LogP contribution in [0, 0.1) is 0 Å². The summed E-state index contributed by atoms with van der Waals surface area (Å²) in [5.74, 6) is 0.255. The quantitative estimate of drug-likeness (QED) is 0.915. The average Bonchev–Trinajstić information content (AvgIpc) is 2.55. The van der Waals surface area contributed by atoms with Gasteiger partial charge in [-0.25, -0.2) is 5.01 Å². The number of hydrogen-bond acceptors (Lipinski definition) is 3. The van der Waals surface area contributed by atoms with Crippen LogP contribution in [0.1, 0.15) is 34.0 Å². The number of nitrogens with zero attached hydrogens (tertiary/aromatic N) is 1. The molecule has 0 aliphatic carbocycles. The number of carbonyl (C=O) groups excluding carboxylic acids is 1. The summed E-state index contributed by atoms with van der Waals surface area (Å²) in [6.07, 6.45) is 1.70. The Labute approximate surface area is 130 Å². The van der Waals surface area contributed by atoms with Crippen LogP contribution in [-0.4, -0.2) is 22.6 Å². The second-order valence-corrected chi connectivity index (χ2v) is 5.58. The lowest BCUT2D eigenvalue weighted by Gasteiger charge is -2.29. The van der Waals surface area contributed by atoms with Crippen LogP contribution in [-0.2, 0) is 19.4 Å². The summed E-state index contributed by atoms with van der Waals surface area (Å²) in [4.78, 5) is 12.3. The van der Waals surface area contributed by atoms with E-state index in [0.29, 0.717) is 24.4 Å². The number of amides is 1. The number of benzene rings is 2. The molecule has 1 aliphatic rings. The molecule has 4 heteroatoms. The molecule has 2 aromatic carbocycles. The van der Waals surface area contributed by atoms with Crippen LogP contribution in [0.4, 0.5) is 0 Å². The van der Waals surface area contributed by atoms with E-state index in [1.165, 1.54) is 5.56 Å². The summed E-state index contributed by atoms with van der Waals surface area (Å²) < 4.78 is 0. The first-order valence-corrected chi connectivity index (χ1v) is 7.62. The summed E-state index contributed by atoms with van der Waals surface area (Å²) in [6.45, 7) is 3.40. The van der Waals surface area contributed by atoms with E-state index in [4.69, 9.17) is 0 Å². The van der Waals surface area contributed by atoms with Gasteiger partial charge in [-0.3, -0.25) is 10.2 Å². The number of hydrazine groups is 1. The van der Waals surface area contributed by atoms with E-state index in [9.17, 15) is 9.90 Å². The number of phenolic OH excluding ortho intramolecular Hbond substituents is 1. The second kappa shape index (κ2) is 6.20. The highest BCUT2D eigenvalue weighted by Gasteiger charge is 2.20. The predicted octanol–water partition coefficient (Wildman–Crippen LogP) is 2.66. The van der Waals surface area contributed by atoms with E-state index in [1.54, 1.807) is 6.07 Å². The molecule has 0 aromatic heterocycles. The zero-order valence-corrected chi connectivity index (χ0v) is 12.7. The van der Waals surface area contributed by atoms with Crippen molar-refractivity contribution in [1.29, 1.82) is 0 Å². The SMILES string of the molecule is CCc1ccc(C(=O)NN2CCc3c(O)cccc3C2)cc1. The average molecular weight is 296 g/mol. The third kappa shape index (κ3) is 2.97. The molecule has 0 bridgehead atoms. The van der Waals surface area contributed by atoms with E-state index in [-0.39, 0.29) is 5.91 Å². The molecule has 1 aliphatic heterocycles. The zero-order valence-electron chi connectivity index (χ0n) is 12.7. The summed E-state index contributed by atoms with van der Waals surface area (Å²) in [6, 6.07) is 13.2. The number of rotatable bonds is 3. The molecule has 0 saturated heterocycles. The van der Waals surface area contributed by atoms with E-state index in [1.807, 2.05) is 41.4 Å². The second-order valence-electron chi connectivity index (χ2n) is 5.58. The molecule has 0 atom stereocenters.